The first-order chi connectivity index (χ1) is 9.49. The summed E-state index contributed by atoms with van der Waals surface area (Å²) in [4.78, 5) is 12.7. The largest absolute Gasteiger partial charge is 0.307 e. The van der Waals surface area contributed by atoms with Gasteiger partial charge < -0.3 is 4.90 Å². The minimum atomic E-state index is -1.08. The Morgan fingerprint density at radius 1 is 1.45 bits per heavy atom. The molecule has 1 aromatic rings. The summed E-state index contributed by atoms with van der Waals surface area (Å²) in [5, 5.41) is 7.22. The van der Waals surface area contributed by atoms with Gasteiger partial charge in [0, 0.05) is 12.7 Å². The van der Waals surface area contributed by atoms with Crippen molar-refractivity contribution < 1.29 is 4.79 Å². The van der Waals surface area contributed by atoms with Gasteiger partial charge in [-0.05, 0) is 19.1 Å². The monoisotopic (exact) mass is 331 g/mol. The Labute approximate surface area is 132 Å². The Kier molecular flexibility index (Phi) is 5.18. The van der Waals surface area contributed by atoms with E-state index in [1.165, 1.54) is 0 Å². The Balaban J connectivity index is 2.18. The predicted octanol–water partition coefficient (Wildman–Crippen LogP) is 3.16. The molecule has 1 amide bonds. The molecule has 0 radical (unpaired) electrons. The first-order valence-corrected chi connectivity index (χ1v) is 7.83. The maximum Gasteiger partial charge on any atom is 0.260 e. The first kappa shape index (κ1) is 15.5. The van der Waals surface area contributed by atoms with Gasteiger partial charge in [0.25, 0.3) is 5.91 Å². The highest BCUT2D eigenvalue weighted by Crippen LogP contribution is 2.27. The standard InChI is InChI=1S/C13H15Cl2N3OS/c1-9-16-17(2)11(20-9)8-18(13(19)12(14)15)10-6-4-3-5-7-10/h3-7,11-12H,8H2,1-2H3. The summed E-state index contributed by atoms with van der Waals surface area (Å²) in [6, 6.07) is 9.37. The Bertz CT molecular complexity index is 510. The first-order valence-electron chi connectivity index (χ1n) is 6.08. The number of nitrogens with zero attached hydrogens (tertiary/aromatic N) is 3. The number of thioether (sulfide) groups is 1. The lowest BCUT2D eigenvalue weighted by molar-refractivity contribution is -0.117. The fraction of sp³-hybridized carbons (Fsp3) is 0.385. The number of benzene rings is 1. The van der Waals surface area contributed by atoms with Gasteiger partial charge in [-0.2, -0.15) is 5.10 Å². The molecule has 0 aliphatic carbocycles. The molecule has 0 fully saturated rings. The number of anilines is 1. The van der Waals surface area contributed by atoms with Gasteiger partial charge in [0.05, 0.1) is 11.6 Å². The van der Waals surface area contributed by atoms with Crippen LogP contribution in [0.5, 0.6) is 0 Å². The van der Waals surface area contributed by atoms with E-state index in [1.807, 2.05) is 49.3 Å². The highest BCUT2D eigenvalue weighted by Gasteiger charge is 2.29. The molecule has 1 aromatic carbocycles. The van der Waals surface area contributed by atoms with Crippen molar-refractivity contribution in [2.45, 2.75) is 17.1 Å². The minimum Gasteiger partial charge on any atom is -0.307 e. The molecular weight excluding hydrogens is 317 g/mol. The van der Waals surface area contributed by atoms with E-state index in [9.17, 15) is 4.79 Å². The van der Waals surface area contributed by atoms with Crippen molar-refractivity contribution >= 4 is 51.6 Å². The number of hydrogen-bond acceptors (Lipinski definition) is 4. The van der Waals surface area contributed by atoms with Crippen molar-refractivity contribution in [2.24, 2.45) is 5.10 Å². The summed E-state index contributed by atoms with van der Waals surface area (Å²) in [6.07, 6.45) is 0. The van der Waals surface area contributed by atoms with Crippen LogP contribution in [0.25, 0.3) is 0 Å². The van der Waals surface area contributed by atoms with E-state index in [0.29, 0.717) is 6.54 Å². The van der Waals surface area contributed by atoms with Gasteiger partial charge in [-0.15, -0.1) is 0 Å². The number of carbonyl (C=O) groups excluding carboxylic acids is 1. The van der Waals surface area contributed by atoms with Gasteiger partial charge in [0.1, 0.15) is 5.37 Å². The van der Waals surface area contributed by atoms with Gasteiger partial charge in [-0.3, -0.25) is 9.80 Å². The number of hydrazone groups is 1. The van der Waals surface area contributed by atoms with Gasteiger partial charge >= 0.3 is 0 Å². The van der Waals surface area contributed by atoms with Gasteiger partial charge in [0.2, 0.25) is 0 Å². The van der Waals surface area contributed by atoms with Crippen LogP contribution >= 0.6 is 35.0 Å². The summed E-state index contributed by atoms with van der Waals surface area (Å²) in [6.45, 7) is 2.42. The molecule has 0 N–H and O–H groups in total. The lowest BCUT2D eigenvalue weighted by atomic mass is 10.3. The van der Waals surface area contributed by atoms with Crippen LogP contribution in [0.1, 0.15) is 6.92 Å². The molecule has 0 saturated heterocycles. The fourth-order valence-electron chi connectivity index (χ4n) is 1.94. The number of para-hydroxylation sites is 1. The van der Waals surface area contributed by atoms with Crippen molar-refractivity contribution in [1.29, 1.82) is 0 Å². The van der Waals surface area contributed by atoms with Gasteiger partial charge in [-0.25, -0.2) is 0 Å². The Morgan fingerprint density at radius 2 is 2.10 bits per heavy atom. The Morgan fingerprint density at radius 3 is 2.60 bits per heavy atom. The molecule has 1 unspecified atom stereocenters. The van der Waals surface area contributed by atoms with Gasteiger partial charge in [-0.1, -0.05) is 53.2 Å². The Hall–Kier alpha value is -0.910. The zero-order valence-electron chi connectivity index (χ0n) is 11.2. The number of amides is 1. The van der Waals surface area contributed by atoms with E-state index in [0.717, 1.165) is 10.7 Å². The van der Waals surface area contributed by atoms with Crippen LogP contribution in [-0.2, 0) is 4.79 Å². The summed E-state index contributed by atoms with van der Waals surface area (Å²) < 4.78 is 0. The number of carbonyl (C=O) groups is 1. The quantitative estimate of drug-likeness (QED) is 0.795. The third kappa shape index (κ3) is 3.59. The summed E-state index contributed by atoms with van der Waals surface area (Å²) in [5.74, 6) is -0.321. The molecule has 1 aliphatic rings. The van der Waals surface area contributed by atoms with Crippen LogP contribution in [-0.4, -0.2) is 39.8 Å². The van der Waals surface area contributed by atoms with Crippen LogP contribution in [0.15, 0.2) is 35.4 Å². The van der Waals surface area contributed by atoms with Crippen molar-refractivity contribution in [2.75, 3.05) is 18.5 Å². The second-order valence-electron chi connectivity index (χ2n) is 4.35. The van der Waals surface area contributed by atoms with E-state index in [2.05, 4.69) is 5.10 Å². The molecule has 20 heavy (non-hydrogen) atoms. The summed E-state index contributed by atoms with van der Waals surface area (Å²) >= 11 is 13.1. The number of hydrogen-bond donors (Lipinski definition) is 0. The van der Waals surface area contributed by atoms with Crippen molar-refractivity contribution in [3.63, 3.8) is 0 Å². The highest BCUT2D eigenvalue weighted by atomic mass is 35.5. The topological polar surface area (TPSA) is 35.9 Å². The lowest BCUT2D eigenvalue weighted by Gasteiger charge is -2.28. The van der Waals surface area contributed by atoms with E-state index in [1.54, 1.807) is 16.7 Å². The highest BCUT2D eigenvalue weighted by molar-refractivity contribution is 8.14. The zero-order chi connectivity index (χ0) is 14.7. The second kappa shape index (κ2) is 6.70. The molecule has 108 valence electrons. The van der Waals surface area contributed by atoms with E-state index >= 15 is 0 Å². The van der Waals surface area contributed by atoms with Crippen molar-refractivity contribution in [1.82, 2.24) is 5.01 Å². The minimum absolute atomic E-state index is 0.0613. The molecule has 0 bridgehead atoms. The molecule has 0 saturated carbocycles. The SMILES string of the molecule is CC1=NN(C)C(CN(C(=O)C(Cl)Cl)c2ccccc2)S1. The summed E-state index contributed by atoms with van der Waals surface area (Å²) in [5.41, 5.74) is 0.780. The van der Waals surface area contributed by atoms with Crippen LogP contribution in [0.2, 0.25) is 0 Å². The molecule has 0 spiro atoms. The fourth-order valence-corrected chi connectivity index (χ4v) is 3.17. The predicted molar refractivity (Wildman–Crippen MR) is 86.5 cm³/mol. The molecule has 1 atom stereocenters. The second-order valence-corrected chi connectivity index (χ2v) is 6.82. The number of halogens is 2. The van der Waals surface area contributed by atoms with Gasteiger partial charge in [0.15, 0.2) is 4.84 Å². The summed E-state index contributed by atoms with van der Waals surface area (Å²) in [7, 11) is 1.89. The molecule has 1 heterocycles. The maximum absolute atomic E-state index is 12.2. The van der Waals surface area contributed by atoms with Crippen LogP contribution in [0.4, 0.5) is 5.69 Å². The number of likely N-dealkylation sites (N-methyl/N-ethyl adjacent to an activating group) is 1. The third-order valence-electron chi connectivity index (χ3n) is 2.88. The third-order valence-corrected chi connectivity index (χ3v) is 4.40. The van der Waals surface area contributed by atoms with Crippen molar-refractivity contribution in [3.8, 4) is 0 Å². The number of alkyl halides is 2. The normalized spacial score (nSPS) is 18.4. The molecule has 1 aliphatic heterocycles. The van der Waals surface area contributed by atoms with E-state index in [4.69, 9.17) is 23.2 Å². The van der Waals surface area contributed by atoms with Crippen LogP contribution in [0.3, 0.4) is 0 Å². The molecule has 7 heteroatoms. The molecule has 2 rings (SSSR count). The van der Waals surface area contributed by atoms with E-state index < -0.39 is 4.84 Å². The molecule has 0 aromatic heterocycles. The lowest BCUT2D eigenvalue weighted by Crippen LogP contribution is -2.42. The molecular formula is C13H15Cl2N3OS. The van der Waals surface area contributed by atoms with Crippen molar-refractivity contribution in [3.05, 3.63) is 30.3 Å². The number of rotatable bonds is 4. The van der Waals surface area contributed by atoms with Crippen LogP contribution < -0.4 is 4.90 Å². The zero-order valence-corrected chi connectivity index (χ0v) is 13.5. The van der Waals surface area contributed by atoms with Crippen LogP contribution in [0, 0.1) is 0 Å². The smallest absolute Gasteiger partial charge is 0.260 e. The average Bonchev–Trinajstić information content (AvgIpc) is 2.74. The van der Waals surface area contributed by atoms with E-state index in [-0.39, 0.29) is 11.3 Å². The maximum atomic E-state index is 12.2. The average molecular weight is 332 g/mol. The molecule has 4 nitrogen and oxygen atoms in total.